The summed E-state index contributed by atoms with van der Waals surface area (Å²) in [5.74, 6) is -0.726. The van der Waals surface area contributed by atoms with Crippen molar-refractivity contribution in [3.8, 4) is 0 Å². The summed E-state index contributed by atoms with van der Waals surface area (Å²) in [7, 11) is -5.12. The third-order valence-electron chi connectivity index (χ3n) is 9.25. The van der Waals surface area contributed by atoms with Crippen LogP contribution in [-0.2, 0) is 28.9 Å². The number of unbranched alkanes of at least 4 members (excludes halogenated alkanes) is 15. The molecule has 0 bridgehead atoms. The fourth-order valence-electron chi connectivity index (χ4n) is 6.00. The lowest BCUT2D eigenvalue weighted by Gasteiger charge is -2.41. The summed E-state index contributed by atoms with van der Waals surface area (Å²) >= 11 is 0. The summed E-state index contributed by atoms with van der Waals surface area (Å²) in [4.78, 5) is 13.0. The number of aliphatic hydroxyl groups excluding tert-OH is 5. The Morgan fingerprint density at radius 1 is 0.755 bits per heavy atom. The van der Waals surface area contributed by atoms with E-state index in [2.05, 4.69) is 47.7 Å². The van der Waals surface area contributed by atoms with Gasteiger partial charge in [-0.1, -0.05) is 121 Å². The third-order valence-corrected chi connectivity index (χ3v) is 9.72. The Hall–Kier alpha value is -1.72. The van der Waals surface area contributed by atoms with E-state index < -0.39 is 78.5 Å². The minimum atomic E-state index is -5.12. The van der Waals surface area contributed by atoms with Crippen LogP contribution in [0, 0.1) is 0 Å². The Labute approximate surface area is 318 Å². The standard InChI is InChI=1S/C39H71NO12S/c1-3-5-7-9-11-13-14-15-16-17-18-20-22-24-26-28-33(43)38(46)40-31(32(42)27-25-23-21-19-12-10-8-6-4-2)30-50-39-36(45)37(52-53(47,48)49)35(44)34(29-41)51-39/h12,16-17,19,25,27,31-37,39,41-45H,3-11,13-15,18,20-24,26,28-30H2,1-2H3,(H,40,46)(H,47,48,49)/b17-16-,19-12+,27-25+. The fraction of sp³-hybridized carbons (Fsp3) is 0.821. The quantitative estimate of drug-likeness (QED) is 0.0262. The number of nitrogens with one attached hydrogen (secondary N) is 1. The van der Waals surface area contributed by atoms with Crippen molar-refractivity contribution >= 4 is 16.3 Å². The van der Waals surface area contributed by atoms with E-state index in [9.17, 15) is 38.7 Å². The van der Waals surface area contributed by atoms with Gasteiger partial charge in [-0.3, -0.25) is 9.35 Å². The average Bonchev–Trinajstić information content (AvgIpc) is 3.12. The molecule has 0 spiro atoms. The first-order chi connectivity index (χ1) is 25.4. The molecule has 8 unspecified atom stereocenters. The van der Waals surface area contributed by atoms with Gasteiger partial charge in [0, 0.05) is 0 Å². The van der Waals surface area contributed by atoms with Gasteiger partial charge in [0.05, 0.1) is 25.4 Å². The molecule has 13 nitrogen and oxygen atoms in total. The molecule has 1 heterocycles. The van der Waals surface area contributed by atoms with Crippen LogP contribution in [0.2, 0.25) is 0 Å². The lowest BCUT2D eigenvalue weighted by atomic mass is 9.99. The lowest BCUT2D eigenvalue weighted by molar-refractivity contribution is -0.298. The van der Waals surface area contributed by atoms with Crippen LogP contribution < -0.4 is 5.32 Å². The number of ether oxygens (including phenoxy) is 2. The first kappa shape index (κ1) is 49.3. The lowest BCUT2D eigenvalue weighted by Crippen LogP contribution is -2.61. The molecule has 0 aromatic carbocycles. The van der Waals surface area contributed by atoms with Crippen molar-refractivity contribution in [1.29, 1.82) is 0 Å². The van der Waals surface area contributed by atoms with Gasteiger partial charge in [-0.05, 0) is 57.8 Å². The van der Waals surface area contributed by atoms with E-state index in [1.165, 1.54) is 57.4 Å². The molecular weight excluding hydrogens is 706 g/mol. The Morgan fingerprint density at radius 3 is 1.85 bits per heavy atom. The van der Waals surface area contributed by atoms with Gasteiger partial charge in [0.1, 0.15) is 30.5 Å². The zero-order chi connectivity index (χ0) is 39.3. The van der Waals surface area contributed by atoms with Crippen LogP contribution in [0.25, 0.3) is 0 Å². The van der Waals surface area contributed by atoms with Crippen LogP contribution in [0.3, 0.4) is 0 Å². The zero-order valence-corrected chi connectivity index (χ0v) is 33.0. The summed E-state index contributed by atoms with van der Waals surface area (Å²) in [6, 6.07) is -1.14. The van der Waals surface area contributed by atoms with E-state index >= 15 is 0 Å². The van der Waals surface area contributed by atoms with Crippen LogP contribution in [0.15, 0.2) is 36.5 Å². The zero-order valence-electron chi connectivity index (χ0n) is 32.2. The van der Waals surface area contributed by atoms with Crippen molar-refractivity contribution in [3.63, 3.8) is 0 Å². The smallest absolute Gasteiger partial charge is 0.394 e. The second kappa shape index (κ2) is 30.5. The monoisotopic (exact) mass is 777 g/mol. The molecule has 0 aliphatic carbocycles. The Morgan fingerprint density at radius 2 is 1.26 bits per heavy atom. The van der Waals surface area contributed by atoms with E-state index in [0.29, 0.717) is 12.8 Å². The number of allylic oxidation sites excluding steroid dienone is 5. The molecule has 0 saturated carbocycles. The normalized spacial score (nSPS) is 22.9. The van der Waals surface area contributed by atoms with Gasteiger partial charge in [0.15, 0.2) is 6.29 Å². The number of carbonyl (C=O) groups is 1. The van der Waals surface area contributed by atoms with E-state index in [1.54, 1.807) is 6.08 Å². The first-order valence-electron chi connectivity index (χ1n) is 20.0. The molecule has 8 atom stereocenters. The van der Waals surface area contributed by atoms with Crippen LogP contribution in [0.4, 0.5) is 0 Å². The van der Waals surface area contributed by atoms with Crippen LogP contribution >= 0.6 is 0 Å². The molecule has 0 aromatic rings. The van der Waals surface area contributed by atoms with Crippen molar-refractivity contribution in [2.24, 2.45) is 0 Å². The highest BCUT2D eigenvalue weighted by molar-refractivity contribution is 7.80. The molecule has 1 fully saturated rings. The van der Waals surface area contributed by atoms with Crippen molar-refractivity contribution in [3.05, 3.63) is 36.5 Å². The topological polar surface area (TPSA) is 212 Å². The summed E-state index contributed by atoms with van der Waals surface area (Å²) in [5.41, 5.74) is 0. The van der Waals surface area contributed by atoms with Crippen molar-refractivity contribution in [2.45, 2.75) is 191 Å². The first-order valence-corrected chi connectivity index (χ1v) is 21.3. The predicted molar refractivity (Wildman–Crippen MR) is 205 cm³/mol. The molecule has 1 amide bonds. The molecule has 53 heavy (non-hydrogen) atoms. The third kappa shape index (κ3) is 23.7. The van der Waals surface area contributed by atoms with Gasteiger partial charge in [-0.15, -0.1) is 0 Å². The Bertz CT molecular complexity index is 1120. The maximum atomic E-state index is 13.0. The highest BCUT2D eigenvalue weighted by Gasteiger charge is 2.48. The van der Waals surface area contributed by atoms with Crippen LogP contribution in [0.1, 0.15) is 142 Å². The van der Waals surface area contributed by atoms with Crippen molar-refractivity contribution in [1.82, 2.24) is 5.32 Å². The minimum Gasteiger partial charge on any atom is -0.394 e. The van der Waals surface area contributed by atoms with Gasteiger partial charge in [-0.25, -0.2) is 4.18 Å². The summed E-state index contributed by atoms with van der Waals surface area (Å²) in [6.07, 6.45) is 21.2. The van der Waals surface area contributed by atoms with Crippen molar-refractivity contribution < 1.29 is 57.0 Å². The highest BCUT2D eigenvalue weighted by atomic mass is 32.3. The van der Waals surface area contributed by atoms with E-state index in [1.807, 2.05) is 0 Å². The minimum absolute atomic E-state index is 0.221. The number of hydrogen-bond acceptors (Lipinski definition) is 11. The summed E-state index contributed by atoms with van der Waals surface area (Å²) in [6.45, 7) is 3.09. The Kier molecular flexibility index (Phi) is 28.4. The number of carbonyl (C=O) groups excluding carboxylic acids is 1. The molecule has 7 N–H and O–H groups in total. The second-order valence-electron chi connectivity index (χ2n) is 14.0. The molecule has 0 aromatic heterocycles. The molecule has 1 aliphatic rings. The molecule has 14 heteroatoms. The molecule has 1 rings (SSSR count). The van der Waals surface area contributed by atoms with Gasteiger partial charge in [-0.2, -0.15) is 8.42 Å². The van der Waals surface area contributed by atoms with Crippen LogP contribution in [0.5, 0.6) is 0 Å². The average molecular weight is 778 g/mol. The number of hydrogen-bond donors (Lipinski definition) is 7. The highest BCUT2D eigenvalue weighted by Crippen LogP contribution is 2.26. The summed E-state index contributed by atoms with van der Waals surface area (Å²) < 4.78 is 47.2. The second-order valence-corrected chi connectivity index (χ2v) is 15.0. The Balaban J connectivity index is 2.67. The molecule has 1 saturated heterocycles. The molecular formula is C39H71NO12S. The maximum Gasteiger partial charge on any atom is 0.397 e. The largest absolute Gasteiger partial charge is 0.397 e. The van der Waals surface area contributed by atoms with E-state index in [4.69, 9.17) is 14.0 Å². The van der Waals surface area contributed by atoms with Crippen molar-refractivity contribution in [2.75, 3.05) is 13.2 Å². The molecule has 1 aliphatic heterocycles. The maximum absolute atomic E-state index is 13.0. The van der Waals surface area contributed by atoms with Gasteiger partial charge in [0.25, 0.3) is 0 Å². The molecule has 310 valence electrons. The SMILES string of the molecule is CCCCC/C=C/CC/C=C/C(O)C(COC1OC(CO)C(O)C(OS(=O)(=O)O)C1O)NC(=O)C(O)CCCCCC/C=C\CCCCCCCCC. The number of amides is 1. The van der Waals surface area contributed by atoms with Gasteiger partial charge < -0.3 is 40.3 Å². The predicted octanol–water partition coefficient (Wildman–Crippen LogP) is 5.35. The summed E-state index contributed by atoms with van der Waals surface area (Å²) in [5, 5.41) is 54.8. The number of aliphatic hydroxyl groups is 5. The van der Waals surface area contributed by atoms with Crippen LogP contribution in [-0.4, -0.2) is 107 Å². The fourth-order valence-corrected chi connectivity index (χ4v) is 6.51. The van der Waals surface area contributed by atoms with E-state index in [0.717, 1.165) is 57.8 Å². The van der Waals surface area contributed by atoms with Gasteiger partial charge in [0.2, 0.25) is 5.91 Å². The van der Waals surface area contributed by atoms with E-state index in [-0.39, 0.29) is 6.42 Å². The number of rotatable bonds is 32. The molecule has 0 radical (unpaired) electrons. The van der Waals surface area contributed by atoms with Gasteiger partial charge >= 0.3 is 10.4 Å².